The van der Waals surface area contributed by atoms with Gasteiger partial charge in [0, 0.05) is 5.56 Å². The standard InChI is InChI=1S/C16H12ClFO4/c1-21-15(19)12-4-2-3-5-13(12)16(20)22-9-10-6-7-11(18)8-14(10)17/h2-8H,9H2,1H3. The Morgan fingerprint density at radius 3 is 2.32 bits per heavy atom. The van der Waals surface area contributed by atoms with Crippen LogP contribution in [0.1, 0.15) is 26.3 Å². The molecule has 0 fully saturated rings. The first-order valence-electron chi connectivity index (χ1n) is 6.31. The predicted molar refractivity (Wildman–Crippen MR) is 78.3 cm³/mol. The zero-order valence-electron chi connectivity index (χ0n) is 11.6. The summed E-state index contributed by atoms with van der Waals surface area (Å²) in [6, 6.07) is 9.92. The highest BCUT2D eigenvalue weighted by atomic mass is 35.5. The van der Waals surface area contributed by atoms with Crippen molar-refractivity contribution in [1.29, 1.82) is 0 Å². The number of esters is 2. The third kappa shape index (κ3) is 3.62. The van der Waals surface area contributed by atoms with Gasteiger partial charge in [-0.15, -0.1) is 0 Å². The SMILES string of the molecule is COC(=O)c1ccccc1C(=O)OCc1ccc(F)cc1Cl. The zero-order chi connectivity index (χ0) is 16.1. The summed E-state index contributed by atoms with van der Waals surface area (Å²) in [6.07, 6.45) is 0. The van der Waals surface area contributed by atoms with Gasteiger partial charge in [0.1, 0.15) is 12.4 Å². The predicted octanol–water partition coefficient (Wildman–Crippen LogP) is 3.62. The maximum absolute atomic E-state index is 12.9. The highest BCUT2D eigenvalue weighted by Gasteiger charge is 2.18. The van der Waals surface area contributed by atoms with E-state index < -0.39 is 17.8 Å². The molecule has 0 saturated carbocycles. The van der Waals surface area contributed by atoms with E-state index in [-0.39, 0.29) is 22.8 Å². The molecule has 0 amide bonds. The lowest BCUT2D eigenvalue weighted by molar-refractivity contribution is 0.0458. The molecule has 2 rings (SSSR count). The molecule has 2 aromatic rings. The first-order chi connectivity index (χ1) is 10.5. The van der Waals surface area contributed by atoms with Crippen molar-refractivity contribution in [1.82, 2.24) is 0 Å². The highest BCUT2D eigenvalue weighted by molar-refractivity contribution is 6.31. The van der Waals surface area contributed by atoms with Gasteiger partial charge in [0.2, 0.25) is 0 Å². The fourth-order valence-electron chi connectivity index (χ4n) is 1.81. The van der Waals surface area contributed by atoms with Crippen molar-refractivity contribution in [3.63, 3.8) is 0 Å². The lowest BCUT2D eigenvalue weighted by Crippen LogP contribution is -2.13. The number of methoxy groups -OCH3 is 1. The van der Waals surface area contributed by atoms with Gasteiger partial charge in [-0.05, 0) is 24.3 Å². The molecule has 0 heterocycles. The van der Waals surface area contributed by atoms with Crippen LogP contribution >= 0.6 is 11.6 Å². The van der Waals surface area contributed by atoms with E-state index in [4.69, 9.17) is 16.3 Å². The topological polar surface area (TPSA) is 52.6 Å². The van der Waals surface area contributed by atoms with Crippen LogP contribution < -0.4 is 0 Å². The van der Waals surface area contributed by atoms with Crippen LogP contribution in [0, 0.1) is 5.82 Å². The maximum atomic E-state index is 12.9. The van der Waals surface area contributed by atoms with E-state index in [1.807, 2.05) is 0 Å². The zero-order valence-corrected chi connectivity index (χ0v) is 12.4. The molecule has 0 saturated heterocycles. The second-order valence-electron chi connectivity index (χ2n) is 4.35. The maximum Gasteiger partial charge on any atom is 0.339 e. The van der Waals surface area contributed by atoms with Crippen LogP contribution in [-0.4, -0.2) is 19.0 Å². The van der Waals surface area contributed by atoms with E-state index in [0.29, 0.717) is 5.56 Å². The summed E-state index contributed by atoms with van der Waals surface area (Å²) in [5.41, 5.74) is 0.666. The third-order valence-corrected chi connectivity index (χ3v) is 3.28. The normalized spacial score (nSPS) is 10.1. The molecule has 0 bridgehead atoms. The minimum Gasteiger partial charge on any atom is -0.465 e. The number of rotatable bonds is 4. The summed E-state index contributed by atoms with van der Waals surface area (Å²) >= 11 is 5.86. The van der Waals surface area contributed by atoms with Crippen LogP contribution in [-0.2, 0) is 16.1 Å². The number of benzene rings is 2. The Morgan fingerprint density at radius 1 is 1.09 bits per heavy atom. The fourth-order valence-corrected chi connectivity index (χ4v) is 2.03. The number of ether oxygens (including phenoxy) is 2. The van der Waals surface area contributed by atoms with Crippen LogP contribution in [0.15, 0.2) is 42.5 Å². The Labute approximate surface area is 131 Å². The first kappa shape index (κ1) is 16.0. The van der Waals surface area contributed by atoms with Crippen molar-refractivity contribution < 1.29 is 23.5 Å². The van der Waals surface area contributed by atoms with Gasteiger partial charge < -0.3 is 9.47 Å². The average molecular weight is 323 g/mol. The number of hydrogen-bond acceptors (Lipinski definition) is 4. The smallest absolute Gasteiger partial charge is 0.339 e. The van der Waals surface area contributed by atoms with Crippen LogP contribution in [0.4, 0.5) is 4.39 Å². The van der Waals surface area contributed by atoms with Gasteiger partial charge in [0.15, 0.2) is 0 Å². The molecule has 0 aliphatic rings. The Bertz CT molecular complexity index is 715. The average Bonchev–Trinajstić information content (AvgIpc) is 2.53. The minimum absolute atomic E-state index is 0.0904. The van der Waals surface area contributed by atoms with Gasteiger partial charge in [-0.1, -0.05) is 29.8 Å². The molecule has 0 N–H and O–H groups in total. The summed E-state index contributed by atoms with van der Waals surface area (Å²) in [4.78, 5) is 23.7. The highest BCUT2D eigenvalue weighted by Crippen LogP contribution is 2.19. The van der Waals surface area contributed by atoms with Crippen LogP contribution in [0.3, 0.4) is 0 Å². The van der Waals surface area contributed by atoms with Gasteiger partial charge in [-0.3, -0.25) is 0 Å². The molecule has 6 heteroatoms. The molecule has 0 unspecified atom stereocenters. The fraction of sp³-hybridized carbons (Fsp3) is 0.125. The lowest BCUT2D eigenvalue weighted by Gasteiger charge is -2.09. The number of carbonyl (C=O) groups excluding carboxylic acids is 2. The summed E-state index contributed by atoms with van der Waals surface area (Å²) in [6.45, 7) is -0.131. The van der Waals surface area contributed by atoms with Crippen LogP contribution in [0.25, 0.3) is 0 Å². The van der Waals surface area contributed by atoms with Crippen molar-refractivity contribution in [3.8, 4) is 0 Å². The van der Waals surface area contributed by atoms with Crippen LogP contribution in [0.2, 0.25) is 5.02 Å². The number of halogens is 2. The van der Waals surface area contributed by atoms with E-state index in [1.54, 1.807) is 12.1 Å². The number of hydrogen-bond donors (Lipinski definition) is 0. The van der Waals surface area contributed by atoms with E-state index in [1.165, 1.54) is 31.4 Å². The van der Waals surface area contributed by atoms with Crippen molar-refractivity contribution in [2.75, 3.05) is 7.11 Å². The molecule has 0 spiro atoms. The Morgan fingerprint density at radius 2 is 1.73 bits per heavy atom. The second kappa shape index (κ2) is 7.04. The van der Waals surface area contributed by atoms with Gasteiger partial charge in [0.05, 0.1) is 23.3 Å². The second-order valence-corrected chi connectivity index (χ2v) is 4.76. The molecule has 0 atom stereocenters. The molecule has 22 heavy (non-hydrogen) atoms. The summed E-state index contributed by atoms with van der Waals surface area (Å²) in [7, 11) is 1.22. The largest absolute Gasteiger partial charge is 0.465 e. The quantitative estimate of drug-likeness (QED) is 0.807. The Balaban J connectivity index is 2.15. The van der Waals surface area contributed by atoms with Gasteiger partial charge in [-0.2, -0.15) is 0 Å². The van der Waals surface area contributed by atoms with Gasteiger partial charge in [0.25, 0.3) is 0 Å². The van der Waals surface area contributed by atoms with E-state index >= 15 is 0 Å². The minimum atomic E-state index is -0.693. The van der Waals surface area contributed by atoms with Gasteiger partial charge in [-0.25, -0.2) is 14.0 Å². The van der Waals surface area contributed by atoms with E-state index in [2.05, 4.69) is 4.74 Å². The van der Waals surface area contributed by atoms with Crippen LogP contribution in [0.5, 0.6) is 0 Å². The van der Waals surface area contributed by atoms with Crippen molar-refractivity contribution in [3.05, 3.63) is 70.0 Å². The molecule has 0 radical (unpaired) electrons. The number of carbonyl (C=O) groups is 2. The third-order valence-electron chi connectivity index (χ3n) is 2.93. The molecular formula is C16H12ClFO4. The summed E-state index contributed by atoms with van der Waals surface area (Å²) in [5, 5.41) is 0.161. The van der Waals surface area contributed by atoms with E-state index in [9.17, 15) is 14.0 Å². The molecule has 0 aromatic heterocycles. The molecule has 4 nitrogen and oxygen atoms in total. The molecule has 2 aromatic carbocycles. The first-order valence-corrected chi connectivity index (χ1v) is 6.69. The van der Waals surface area contributed by atoms with Crippen molar-refractivity contribution in [2.45, 2.75) is 6.61 Å². The Hall–Kier alpha value is -2.40. The summed E-state index contributed by atoms with van der Waals surface area (Å²) < 4.78 is 22.7. The lowest BCUT2D eigenvalue weighted by atomic mass is 10.1. The molecule has 0 aliphatic heterocycles. The van der Waals surface area contributed by atoms with Crippen molar-refractivity contribution >= 4 is 23.5 Å². The molecule has 114 valence electrons. The Kier molecular flexibility index (Phi) is 5.12. The monoisotopic (exact) mass is 322 g/mol. The molecular weight excluding hydrogens is 311 g/mol. The summed E-state index contributed by atoms with van der Waals surface area (Å²) in [5.74, 6) is -1.80. The van der Waals surface area contributed by atoms with E-state index in [0.717, 1.165) is 6.07 Å². The van der Waals surface area contributed by atoms with Gasteiger partial charge >= 0.3 is 11.9 Å². The molecule has 0 aliphatic carbocycles. The van der Waals surface area contributed by atoms with Crippen molar-refractivity contribution in [2.24, 2.45) is 0 Å².